The molecule has 0 N–H and O–H groups in total. The Labute approximate surface area is 184 Å². The zero-order chi connectivity index (χ0) is 23.9. The summed E-state index contributed by atoms with van der Waals surface area (Å²) in [5.74, 6) is -0.713. The summed E-state index contributed by atoms with van der Waals surface area (Å²) >= 11 is 5.66. The quantitative estimate of drug-likeness (QED) is 0.582. The normalized spacial score (nSPS) is 16.3. The molecule has 2 aromatic rings. The zero-order valence-electron chi connectivity index (χ0n) is 16.0. The summed E-state index contributed by atoms with van der Waals surface area (Å²) in [6.45, 7) is -0.802. The largest absolute Gasteiger partial charge is 0.416 e. The second-order valence-corrected chi connectivity index (χ2v) is 9.32. The molecule has 0 atom stereocenters. The van der Waals surface area contributed by atoms with Gasteiger partial charge in [0.25, 0.3) is 5.91 Å². The lowest BCUT2D eigenvalue weighted by Crippen LogP contribution is -2.50. The molecule has 1 aliphatic heterocycles. The summed E-state index contributed by atoms with van der Waals surface area (Å²) in [6.07, 6.45) is -9.43. The first-order chi connectivity index (χ1) is 14.7. The number of piperazine rings is 1. The van der Waals surface area contributed by atoms with E-state index < -0.39 is 49.3 Å². The number of amides is 1. The molecule has 5 nitrogen and oxygen atoms in total. The van der Waals surface area contributed by atoms with E-state index in [1.807, 2.05) is 0 Å². The molecule has 32 heavy (non-hydrogen) atoms. The average molecular weight is 501 g/mol. The molecule has 0 saturated carbocycles. The van der Waals surface area contributed by atoms with Gasteiger partial charge in [0, 0.05) is 36.8 Å². The summed E-state index contributed by atoms with van der Waals surface area (Å²) < 4.78 is 104. The van der Waals surface area contributed by atoms with Crippen molar-refractivity contribution in [2.45, 2.75) is 17.2 Å². The topological polar surface area (TPSA) is 57.7 Å². The molecule has 0 spiro atoms. The van der Waals surface area contributed by atoms with E-state index in [0.717, 1.165) is 22.5 Å². The van der Waals surface area contributed by atoms with Gasteiger partial charge in [-0.3, -0.25) is 4.79 Å². The van der Waals surface area contributed by atoms with Crippen LogP contribution in [0.4, 0.5) is 26.3 Å². The van der Waals surface area contributed by atoms with Gasteiger partial charge in [0.1, 0.15) is 0 Å². The van der Waals surface area contributed by atoms with E-state index in [4.69, 9.17) is 11.6 Å². The van der Waals surface area contributed by atoms with Crippen molar-refractivity contribution < 1.29 is 39.6 Å². The van der Waals surface area contributed by atoms with Gasteiger partial charge >= 0.3 is 12.4 Å². The fraction of sp³-hybridized carbons (Fsp3) is 0.316. The van der Waals surface area contributed by atoms with Gasteiger partial charge in [-0.25, -0.2) is 8.42 Å². The number of hydrogen-bond acceptors (Lipinski definition) is 3. The summed E-state index contributed by atoms with van der Waals surface area (Å²) in [5.41, 5.74) is -2.42. The van der Waals surface area contributed by atoms with Gasteiger partial charge in [-0.2, -0.15) is 30.6 Å². The van der Waals surface area contributed by atoms with Crippen LogP contribution in [0.2, 0.25) is 5.02 Å². The van der Waals surface area contributed by atoms with E-state index >= 15 is 0 Å². The Morgan fingerprint density at radius 1 is 0.844 bits per heavy atom. The van der Waals surface area contributed by atoms with Crippen LogP contribution in [-0.2, 0) is 22.4 Å². The minimum atomic E-state index is -4.80. The Bertz CT molecular complexity index is 1130. The van der Waals surface area contributed by atoms with Crippen LogP contribution in [-0.4, -0.2) is 49.7 Å². The van der Waals surface area contributed by atoms with Crippen LogP contribution in [0.15, 0.2) is 47.4 Å². The molecular weight excluding hydrogens is 486 g/mol. The molecule has 1 heterocycles. The number of alkyl halides is 6. The van der Waals surface area contributed by atoms with Crippen molar-refractivity contribution in [2.75, 3.05) is 26.2 Å². The van der Waals surface area contributed by atoms with Crippen molar-refractivity contribution in [1.29, 1.82) is 0 Å². The highest BCUT2D eigenvalue weighted by Crippen LogP contribution is 2.34. The van der Waals surface area contributed by atoms with Crippen molar-refractivity contribution in [2.24, 2.45) is 0 Å². The zero-order valence-corrected chi connectivity index (χ0v) is 17.6. The first kappa shape index (κ1) is 24.3. The maximum Gasteiger partial charge on any atom is 0.416 e. The van der Waals surface area contributed by atoms with E-state index in [-0.39, 0.29) is 31.7 Å². The van der Waals surface area contributed by atoms with Gasteiger partial charge in [-0.05, 0) is 36.4 Å². The minimum absolute atomic E-state index is 0.152. The van der Waals surface area contributed by atoms with Crippen molar-refractivity contribution >= 4 is 27.5 Å². The van der Waals surface area contributed by atoms with Crippen molar-refractivity contribution in [3.63, 3.8) is 0 Å². The lowest BCUT2D eigenvalue weighted by Gasteiger charge is -2.34. The number of rotatable bonds is 3. The number of nitrogens with zero attached hydrogens (tertiary/aromatic N) is 2. The Hall–Kier alpha value is -2.31. The molecule has 0 unspecified atom stereocenters. The van der Waals surface area contributed by atoms with Gasteiger partial charge in [0.05, 0.1) is 16.0 Å². The maximum atomic E-state index is 13.0. The van der Waals surface area contributed by atoms with E-state index in [1.54, 1.807) is 0 Å². The molecule has 1 amide bonds. The maximum absolute atomic E-state index is 13.0. The molecular formula is C19H15ClF6N2O3S. The summed E-state index contributed by atoms with van der Waals surface area (Å²) in [4.78, 5) is 13.1. The Balaban J connectivity index is 1.76. The second kappa shape index (κ2) is 8.56. The van der Waals surface area contributed by atoms with Gasteiger partial charge in [0.15, 0.2) is 0 Å². The molecule has 174 valence electrons. The van der Waals surface area contributed by atoms with Crippen LogP contribution in [0.3, 0.4) is 0 Å². The lowest BCUT2D eigenvalue weighted by molar-refractivity contribution is -0.138. The first-order valence-corrected chi connectivity index (χ1v) is 10.9. The number of hydrogen-bond donors (Lipinski definition) is 0. The van der Waals surface area contributed by atoms with Crippen LogP contribution < -0.4 is 0 Å². The SMILES string of the molecule is O=C(c1cccc(C(F)(F)F)c1)N1CCN(S(=O)(=O)c2cc(Cl)cc(C(F)(F)F)c2)CC1. The fourth-order valence-corrected chi connectivity index (χ4v) is 4.96. The van der Waals surface area contributed by atoms with Crippen molar-refractivity contribution in [3.05, 3.63) is 64.2 Å². The average Bonchev–Trinajstić information content (AvgIpc) is 2.71. The molecule has 1 saturated heterocycles. The highest BCUT2D eigenvalue weighted by atomic mass is 35.5. The van der Waals surface area contributed by atoms with Crippen LogP contribution in [0, 0.1) is 0 Å². The molecule has 0 radical (unpaired) electrons. The fourth-order valence-electron chi connectivity index (χ4n) is 3.17. The second-order valence-electron chi connectivity index (χ2n) is 6.95. The van der Waals surface area contributed by atoms with Gasteiger partial charge < -0.3 is 4.90 Å². The summed E-state index contributed by atoms with van der Waals surface area (Å²) in [7, 11) is -4.34. The minimum Gasteiger partial charge on any atom is -0.336 e. The molecule has 0 bridgehead atoms. The van der Waals surface area contributed by atoms with E-state index in [1.165, 1.54) is 11.0 Å². The standard InChI is InChI=1S/C19H15ClF6N2O3S/c20-15-9-14(19(24,25)26)10-16(11-15)32(30,31)28-6-4-27(5-7-28)17(29)12-2-1-3-13(8-12)18(21,22)23/h1-3,8-11H,4-7H2. The van der Waals surface area contributed by atoms with Gasteiger partial charge in [-0.15, -0.1) is 0 Å². The molecule has 0 aromatic heterocycles. The Morgan fingerprint density at radius 2 is 1.44 bits per heavy atom. The predicted molar refractivity (Wildman–Crippen MR) is 103 cm³/mol. The number of carbonyl (C=O) groups excluding carboxylic acids is 1. The third kappa shape index (κ3) is 5.18. The predicted octanol–water partition coefficient (Wildman–Crippen LogP) is 4.52. The van der Waals surface area contributed by atoms with Crippen LogP contribution in [0.25, 0.3) is 0 Å². The van der Waals surface area contributed by atoms with Crippen LogP contribution >= 0.6 is 11.6 Å². The van der Waals surface area contributed by atoms with Gasteiger partial charge in [-0.1, -0.05) is 17.7 Å². The number of benzene rings is 2. The molecule has 3 rings (SSSR count). The molecule has 1 fully saturated rings. The van der Waals surface area contributed by atoms with E-state index in [2.05, 4.69) is 0 Å². The molecule has 2 aromatic carbocycles. The van der Waals surface area contributed by atoms with Crippen LogP contribution in [0.1, 0.15) is 21.5 Å². The third-order valence-corrected chi connectivity index (χ3v) is 6.89. The Kier molecular flexibility index (Phi) is 6.51. The summed E-state index contributed by atoms with van der Waals surface area (Å²) in [6, 6.07) is 5.80. The highest BCUT2D eigenvalue weighted by molar-refractivity contribution is 7.89. The van der Waals surface area contributed by atoms with E-state index in [0.29, 0.717) is 18.2 Å². The van der Waals surface area contributed by atoms with Gasteiger partial charge in [0.2, 0.25) is 10.0 Å². The van der Waals surface area contributed by atoms with Crippen molar-refractivity contribution in [1.82, 2.24) is 9.21 Å². The molecule has 13 heteroatoms. The smallest absolute Gasteiger partial charge is 0.336 e. The number of carbonyl (C=O) groups is 1. The first-order valence-electron chi connectivity index (χ1n) is 9.04. The molecule has 0 aliphatic carbocycles. The van der Waals surface area contributed by atoms with Crippen LogP contribution in [0.5, 0.6) is 0 Å². The number of halogens is 7. The van der Waals surface area contributed by atoms with Crippen molar-refractivity contribution in [3.8, 4) is 0 Å². The highest BCUT2D eigenvalue weighted by Gasteiger charge is 2.36. The Morgan fingerprint density at radius 3 is 2.00 bits per heavy atom. The monoisotopic (exact) mass is 500 g/mol. The molecule has 1 aliphatic rings. The van der Waals surface area contributed by atoms with E-state index in [9.17, 15) is 39.6 Å². The lowest BCUT2D eigenvalue weighted by atomic mass is 10.1. The summed E-state index contributed by atoms with van der Waals surface area (Å²) in [5, 5.41) is -0.406. The third-order valence-electron chi connectivity index (χ3n) is 4.80. The number of sulfonamides is 1.